The summed E-state index contributed by atoms with van der Waals surface area (Å²) in [6.45, 7) is 0. The van der Waals surface area contributed by atoms with Gasteiger partial charge in [-0.05, 0) is 52.3 Å². The smallest absolute Gasteiger partial charge is 0.263 e. The summed E-state index contributed by atoms with van der Waals surface area (Å²) in [6.07, 6.45) is 0. The molecule has 20 heavy (non-hydrogen) atoms. The first kappa shape index (κ1) is 15.8. The van der Waals surface area contributed by atoms with Gasteiger partial charge in [-0.3, -0.25) is 4.72 Å². The Hall–Kier alpha value is -0.570. The van der Waals surface area contributed by atoms with Gasteiger partial charge in [0.05, 0.1) is 11.4 Å². The number of rotatable bonds is 3. The Kier molecular flexibility index (Phi) is 4.78. The molecule has 3 N–H and O–H groups in total. The van der Waals surface area contributed by atoms with Crippen molar-refractivity contribution >= 4 is 69.2 Å². The zero-order valence-corrected chi connectivity index (χ0v) is 15.5. The average Bonchev–Trinajstić information content (AvgIpc) is 2.32. The van der Waals surface area contributed by atoms with Crippen molar-refractivity contribution in [3.8, 4) is 0 Å². The molecular weight excluding hydrogens is 476 g/mol. The summed E-state index contributed by atoms with van der Waals surface area (Å²) in [5.74, 6) is 0. The van der Waals surface area contributed by atoms with E-state index in [-0.39, 0.29) is 10.6 Å². The van der Waals surface area contributed by atoms with Crippen molar-refractivity contribution in [3.05, 3.63) is 49.8 Å². The van der Waals surface area contributed by atoms with Crippen molar-refractivity contribution in [2.24, 2.45) is 0 Å². The zero-order chi connectivity index (χ0) is 14.9. The van der Waals surface area contributed by atoms with E-state index in [0.717, 1.165) is 8.95 Å². The first-order chi connectivity index (χ1) is 9.29. The second-order valence-corrected chi connectivity index (χ2v) is 8.25. The SMILES string of the molecule is Nc1cc(Br)ccc1S(=O)(=O)Nc1ccc(Br)cc1Br. The van der Waals surface area contributed by atoms with E-state index in [1.54, 1.807) is 30.3 Å². The summed E-state index contributed by atoms with van der Waals surface area (Å²) in [7, 11) is -3.74. The molecule has 0 bridgehead atoms. The monoisotopic (exact) mass is 482 g/mol. The summed E-state index contributed by atoms with van der Waals surface area (Å²) < 4.78 is 29.4. The van der Waals surface area contributed by atoms with Gasteiger partial charge in [-0.25, -0.2) is 8.42 Å². The summed E-state index contributed by atoms with van der Waals surface area (Å²) in [5.41, 5.74) is 6.38. The van der Waals surface area contributed by atoms with Crippen LogP contribution in [0.2, 0.25) is 0 Å². The normalized spacial score (nSPS) is 11.3. The minimum atomic E-state index is -3.74. The van der Waals surface area contributed by atoms with Crippen LogP contribution in [-0.4, -0.2) is 8.42 Å². The molecule has 0 saturated heterocycles. The van der Waals surface area contributed by atoms with Gasteiger partial charge >= 0.3 is 0 Å². The van der Waals surface area contributed by atoms with Gasteiger partial charge in [-0.2, -0.15) is 0 Å². The fourth-order valence-corrected chi connectivity index (χ4v) is 4.39. The Bertz CT molecular complexity index is 763. The number of nitrogens with one attached hydrogen (secondary N) is 1. The highest BCUT2D eigenvalue weighted by molar-refractivity contribution is 9.11. The third-order valence-electron chi connectivity index (χ3n) is 2.44. The lowest BCUT2D eigenvalue weighted by Gasteiger charge is -2.12. The summed E-state index contributed by atoms with van der Waals surface area (Å²) >= 11 is 9.86. The van der Waals surface area contributed by atoms with Crippen LogP contribution in [0, 0.1) is 0 Å². The van der Waals surface area contributed by atoms with Crippen molar-refractivity contribution in [3.63, 3.8) is 0 Å². The molecule has 0 spiro atoms. The van der Waals surface area contributed by atoms with Gasteiger partial charge in [0.1, 0.15) is 4.90 Å². The molecule has 0 amide bonds. The lowest BCUT2D eigenvalue weighted by molar-refractivity contribution is 0.601. The highest BCUT2D eigenvalue weighted by Crippen LogP contribution is 2.30. The van der Waals surface area contributed by atoms with Crippen molar-refractivity contribution in [2.45, 2.75) is 4.90 Å². The maximum absolute atomic E-state index is 12.3. The van der Waals surface area contributed by atoms with E-state index < -0.39 is 10.0 Å². The molecule has 8 heteroatoms. The topological polar surface area (TPSA) is 72.2 Å². The largest absolute Gasteiger partial charge is 0.398 e. The molecule has 0 unspecified atom stereocenters. The molecule has 0 radical (unpaired) electrons. The first-order valence-electron chi connectivity index (χ1n) is 5.32. The fraction of sp³-hybridized carbons (Fsp3) is 0. The maximum atomic E-state index is 12.3. The Morgan fingerprint density at radius 3 is 2.15 bits per heavy atom. The third kappa shape index (κ3) is 3.55. The molecule has 0 heterocycles. The summed E-state index contributed by atoms with van der Waals surface area (Å²) in [4.78, 5) is 0.0375. The van der Waals surface area contributed by atoms with Crippen LogP contribution in [0.3, 0.4) is 0 Å². The van der Waals surface area contributed by atoms with E-state index in [1.807, 2.05) is 0 Å². The van der Waals surface area contributed by atoms with E-state index in [9.17, 15) is 8.42 Å². The molecule has 2 aromatic carbocycles. The van der Waals surface area contributed by atoms with Gasteiger partial charge in [0, 0.05) is 13.4 Å². The van der Waals surface area contributed by atoms with Gasteiger partial charge in [0.2, 0.25) is 0 Å². The lowest BCUT2D eigenvalue weighted by atomic mass is 10.3. The number of nitrogen functional groups attached to an aromatic ring is 1. The number of nitrogens with two attached hydrogens (primary N) is 1. The molecule has 0 aliphatic heterocycles. The van der Waals surface area contributed by atoms with E-state index in [1.165, 1.54) is 6.07 Å². The van der Waals surface area contributed by atoms with Crippen LogP contribution in [0.25, 0.3) is 0 Å². The second-order valence-electron chi connectivity index (χ2n) is 3.91. The van der Waals surface area contributed by atoms with Crippen LogP contribution in [0.5, 0.6) is 0 Å². The summed E-state index contributed by atoms with van der Waals surface area (Å²) in [6, 6.07) is 9.78. The highest BCUT2D eigenvalue weighted by atomic mass is 79.9. The first-order valence-corrected chi connectivity index (χ1v) is 9.19. The number of halogens is 3. The van der Waals surface area contributed by atoms with Gasteiger partial charge < -0.3 is 5.73 Å². The van der Waals surface area contributed by atoms with E-state index in [0.29, 0.717) is 10.2 Å². The van der Waals surface area contributed by atoms with Crippen LogP contribution in [0.4, 0.5) is 11.4 Å². The molecule has 0 fully saturated rings. The minimum Gasteiger partial charge on any atom is -0.398 e. The van der Waals surface area contributed by atoms with Crippen molar-refractivity contribution < 1.29 is 8.42 Å². The molecule has 0 aliphatic carbocycles. The Morgan fingerprint density at radius 2 is 1.55 bits per heavy atom. The Balaban J connectivity index is 2.41. The molecule has 106 valence electrons. The minimum absolute atomic E-state index is 0.0375. The van der Waals surface area contributed by atoms with Crippen LogP contribution in [0.15, 0.2) is 54.7 Å². The maximum Gasteiger partial charge on any atom is 0.263 e. The highest BCUT2D eigenvalue weighted by Gasteiger charge is 2.18. The average molecular weight is 485 g/mol. The van der Waals surface area contributed by atoms with Crippen LogP contribution >= 0.6 is 47.8 Å². The molecule has 0 saturated carbocycles. The predicted molar refractivity (Wildman–Crippen MR) is 91.2 cm³/mol. The van der Waals surface area contributed by atoms with Crippen molar-refractivity contribution in [1.29, 1.82) is 0 Å². The van der Waals surface area contributed by atoms with Crippen molar-refractivity contribution in [2.75, 3.05) is 10.5 Å². The van der Waals surface area contributed by atoms with Gasteiger partial charge in [-0.15, -0.1) is 0 Å². The molecule has 4 nitrogen and oxygen atoms in total. The van der Waals surface area contributed by atoms with Gasteiger partial charge in [0.25, 0.3) is 10.0 Å². The molecule has 2 aromatic rings. The second kappa shape index (κ2) is 6.05. The number of benzene rings is 2. The van der Waals surface area contributed by atoms with Gasteiger partial charge in [0.15, 0.2) is 0 Å². The quantitative estimate of drug-likeness (QED) is 0.636. The van der Waals surface area contributed by atoms with Crippen LogP contribution in [0.1, 0.15) is 0 Å². The van der Waals surface area contributed by atoms with Crippen LogP contribution in [-0.2, 0) is 10.0 Å². The molecule has 0 atom stereocenters. The van der Waals surface area contributed by atoms with E-state index in [2.05, 4.69) is 52.5 Å². The van der Waals surface area contributed by atoms with E-state index >= 15 is 0 Å². The zero-order valence-electron chi connectivity index (χ0n) is 9.90. The Morgan fingerprint density at radius 1 is 0.950 bits per heavy atom. The number of anilines is 2. The molecule has 2 rings (SSSR count). The number of sulfonamides is 1. The summed E-state index contributed by atoms with van der Waals surface area (Å²) in [5, 5.41) is 0. The third-order valence-corrected chi connectivity index (χ3v) is 5.52. The van der Waals surface area contributed by atoms with Gasteiger partial charge in [-0.1, -0.05) is 31.9 Å². The van der Waals surface area contributed by atoms with E-state index in [4.69, 9.17) is 5.73 Å². The number of hydrogen-bond donors (Lipinski definition) is 2. The molecular formula is C12H9Br3N2O2S. The number of hydrogen-bond acceptors (Lipinski definition) is 3. The predicted octanol–water partition coefficient (Wildman–Crippen LogP) is 4.36. The molecule has 0 aliphatic rings. The Labute approximate surface area is 142 Å². The molecule has 0 aromatic heterocycles. The van der Waals surface area contributed by atoms with Crippen molar-refractivity contribution in [1.82, 2.24) is 0 Å². The lowest BCUT2D eigenvalue weighted by Crippen LogP contribution is -2.15. The van der Waals surface area contributed by atoms with Crippen LogP contribution < -0.4 is 10.5 Å². The standard InChI is InChI=1S/C12H9Br3N2O2S/c13-7-1-3-11(9(15)5-7)17-20(18,19)12-4-2-8(14)6-10(12)16/h1-6,17H,16H2. The fourth-order valence-electron chi connectivity index (χ4n) is 1.54.